The summed E-state index contributed by atoms with van der Waals surface area (Å²) in [6.45, 7) is 9.19. The molecule has 0 bridgehead atoms. The lowest BCUT2D eigenvalue weighted by atomic mass is 10.1. The second-order valence-electron chi connectivity index (χ2n) is 11.4. The van der Waals surface area contributed by atoms with Crippen LogP contribution in [0.2, 0.25) is 0 Å². The number of ether oxygens (including phenoxy) is 2. The van der Waals surface area contributed by atoms with Gasteiger partial charge in [-0.05, 0) is 73.6 Å². The molecule has 3 aromatic carbocycles. The minimum atomic E-state index is -0.696. The second-order valence-corrected chi connectivity index (χ2v) is 11.8. The number of carbonyl (C=O) groups excluding carboxylic acids is 2. The minimum absolute atomic E-state index is 0.00825. The number of nitrogens with zero attached hydrogens (tertiary/aromatic N) is 4. The van der Waals surface area contributed by atoms with Crippen LogP contribution < -0.4 is 19.7 Å². The van der Waals surface area contributed by atoms with Gasteiger partial charge in [0.1, 0.15) is 17.5 Å². The Balaban J connectivity index is 1.20. The molecule has 0 radical (unpaired) electrons. The molecular weight excluding hydrogens is 586 g/mol. The van der Waals surface area contributed by atoms with Gasteiger partial charge in [-0.2, -0.15) is 0 Å². The maximum Gasteiger partial charge on any atom is 0.256 e. The van der Waals surface area contributed by atoms with E-state index in [0.717, 1.165) is 57.9 Å². The van der Waals surface area contributed by atoms with Crippen LogP contribution in [-0.4, -0.2) is 90.7 Å². The molecule has 1 atom stereocenters. The Bertz CT molecular complexity index is 1430. The van der Waals surface area contributed by atoms with Crippen molar-refractivity contribution in [1.82, 2.24) is 14.7 Å². The van der Waals surface area contributed by atoms with Gasteiger partial charge in [0, 0.05) is 51.0 Å². The van der Waals surface area contributed by atoms with Crippen LogP contribution in [0.4, 0.5) is 11.4 Å². The zero-order chi connectivity index (χ0) is 31.6. The van der Waals surface area contributed by atoms with Crippen LogP contribution in [0.1, 0.15) is 31.7 Å². The molecule has 238 valence electrons. The van der Waals surface area contributed by atoms with Crippen molar-refractivity contribution in [1.29, 1.82) is 0 Å². The van der Waals surface area contributed by atoms with Crippen molar-refractivity contribution in [3.63, 3.8) is 0 Å². The molecule has 2 saturated heterocycles. The smallest absolute Gasteiger partial charge is 0.256 e. The van der Waals surface area contributed by atoms with E-state index in [2.05, 4.69) is 52.4 Å². The molecule has 2 fully saturated rings. The van der Waals surface area contributed by atoms with Gasteiger partial charge in [-0.25, -0.2) is 0 Å². The van der Waals surface area contributed by atoms with Crippen molar-refractivity contribution in [2.45, 2.75) is 38.8 Å². The van der Waals surface area contributed by atoms with Crippen LogP contribution in [0.5, 0.6) is 11.5 Å². The Kier molecular flexibility index (Phi) is 11.4. The van der Waals surface area contributed by atoms with Crippen LogP contribution in [0.3, 0.4) is 0 Å². The fourth-order valence-corrected chi connectivity index (χ4v) is 6.21. The number of benzene rings is 3. The van der Waals surface area contributed by atoms with Crippen LogP contribution in [0.15, 0.2) is 78.9 Å². The van der Waals surface area contributed by atoms with Crippen LogP contribution in [0.25, 0.3) is 0 Å². The van der Waals surface area contributed by atoms with E-state index in [-0.39, 0.29) is 18.2 Å². The summed E-state index contributed by atoms with van der Waals surface area (Å²) in [6.07, 6.45) is 1.74. The molecule has 5 rings (SSSR count). The molecule has 0 saturated carbocycles. The third-order valence-electron chi connectivity index (χ3n) is 8.21. The summed E-state index contributed by atoms with van der Waals surface area (Å²) in [5.41, 5.74) is 2.63. The summed E-state index contributed by atoms with van der Waals surface area (Å²) in [6, 6.07) is 24.5. The maximum atomic E-state index is 13.9. The molecule has 45 heavy (non-hydrogen) atoms. The Morgan fingerprint density at radius 2 is 1.64 bits per heavy atom. The first-order valence-corrected chi connectivity index (χ1v) is 16.2. The first-order chi connectivity index (χ1) is 21.9. The molecular formula is C35H43N5O4S. The number of rotatable bonds is 14. The van der Waals surface area contributed by atoms with Crippen molar-refractivity contribution in [2.24, 2.45) is 0 Å². The quantitative estimate of drug-likeness (QED) is 0.249. The molecule has 10 heteroatoms. The van der Waals surface area contributed by atoms with Crippen molar-refractivity contribution in [3.8, 4) is 11.5 Å². The molecule has 2 amide bonds. The number of carbonyl (C=O) groups is 2. The predicted molar refractivity (Wildman–Crippen MR) is 182 cm³/mol. The molecule has 0 aromatic heterocycles. The molecule has 2 heterocycles. The number of piperazine rings is 1. The third kappa shape index (κ3) is 8.59. The van der Waals surface area contributed by atoms with E-state index < -0.39 is 6.04 Å². The number of nitrogens with one attached hydrogen (secondary N) is 1. The zero-order valence-corrected chi connectivity index (χ0v) is 27.0. The highest BCUT2D eigenvalue weighted by atomic mass is 32.1. The number of thiocarbonyl (C=S) groups is 1. The number of hydrogen-bond acceptors (Lipinski definition) is 7. The number of amides is 2. The van der Waals surface area contributed by atoms with Crippen molar-refractivity contribution in [3.05, 3.63) is 84.4 Å². The fourth-order valence-electron chi connectivity index (χ4n) is 5.79. The highest BCUT2D eigenvalue weighted by molar-refractivity contribution is 7.80. The van der Waals surface area contributed by atoms with Crippen molar-refractivity contribution in [2.75, 3.05) is 63.2 Å². The Labute approximate surface area is 271 Å². The number of anilines is 2. The zero-order valence-electron chi connectivity index (χ0n) is 26.2. The first kappa shape index (κ1) is 32.4. The minimum Gasteiger partial charge on any atom is -0.497 e. The summed E-state index contributed by atoms with van der Waals surface area (Å²) >= 11 is 5.88. The lowest BCUT2D eigenvalue weighted by Gasteiger charge is -2.35. The summed E-state index contributed by atoms with van der Waals surface area (Å²) in [5, 5.41) is 3.36. The normalized spacial score (nSPS) is 17.5. The Morgan fingerprint density at radius 3 is 2.36 bits per heavy atom. The second kappa shape index (κ2) is 15.8. The van der Waals surface area contributed by atoms with Gasteiger partial charge in [-0.1, -0.05) is 43.3 Å². The molecule has 0 unspecified atom stereocenters. The van der Waals surface area contributed by atoms with Crippen molar-refractivity contribution < 1.29 is 19.1 Å². The molecule has 1 N–H and O–H groups in total. The van der Waals surface area contributed by atoms with E-state index >= 15 is 0 Å². The highest BCUT2D eigenvalue weighted by Crippen LogP contribution is 2.30. The molecule has 3 aromatic rings. The summed E-state index contributed by atoms with van der Waals surface area (Å²) in [4.78, 5) is 35.5. The van der Waals surface area contributed by atoms with Gasteiger partial charge in [0.05, 0.1) is 25.8 Å². The monoisotopic (exact) mass is 629 g/mol. The van der Waals surface area contributed by atoms with Gasteiger partial charge in [-0.3, -0.25) is 19.4 Å². The largest absolute Gasteiger partial charge is 0.497 e. The van der Waals surface area contributed by atoms with E-state index in [1.807, 2.05) is 47.4 Å². The predicted octanol–water partition coefficient (Wildman–Crippen LogP) is 5.02. The van der Waals surface area contributed by atoms with Gasteiger partial charge >= 0.3 is 0 Å². The highest BCUT2D eigenvalue weighted by Gasteiger charge is 2.44. The van der Waals surface area contributed by atoms with E-state index in [1.54, 1.807) is 13.2 Å². The van der Waals surface area contributed by atoms with Crippen molar-refractivity contribution >= 4 is 40.5 Å². The van der Waals surface area contributed by atoms with Crippen LogP contribution in [0, 0.1) is 0 Å². The van der Waals surface area contributed by atoms with Gasteiger partial charge < -0.3 is 24.6 Å². The Morgan fingerprint density at radius 1 is 0.911 bits per heavy atom. The maximum absolute atomic E-state index is 13.9. The average Bonchev–Trinajstić information content (AvgIpc) is 3.29. The van der Waals surface area contributed by atoms with Gasteiger partial charge in [0.25, 0.3) is 5.91 Å². The Hall–Kier alpha value is -3.99. The lowest BCUT2D eigenvalue weighted by molar-refractivity contribution is -0.124. The summed E-state index contributed by atoms with van der Waals surface area (Å²) in [7, 11) is 1.59. The lowest BCUT2D eigenvalue weighted by Crippen LogP contribution is -2.47. The van der Waals surface area contributed by atoms with Gasteiger partial charge in [-0.15, -0.1) is 0 Å². The van der Waals surface area contributed by atoms with E-state index in [4.69, 9.17) is 21.7 Å². The molecule has 2 aliphatic heterocycles. The third-order valence-corrected chi connectivity index (χ3v) is 8.62. The number of methoxy groups -OCH3 is 1. The van der Waals surface area contributed by atoms with Gasteiger partial charge in [0.15, 0.2) is 5.11 Å². The number of hydrogen-bond donors (Lipinski definition) is 1. The van der Waals surface area contributed by atoms with Crippen LogP contribution in [-0.2, 0) is 16.1 Å². The van der Waals surface area contributed by atoms with E-state index in [0.29, 0.717) is 35.4 Å². The van der Waals surface area contributed by atoms with E-state index in [1.165, 1.54) is 10.5 Å². The standard InChI is InChI=1S/C35H43N5O4S/c1-3-23-44-30-15-13-28(14-16-30)36-33(41)25-32-34(42)40(29-11-7-12-31(24-29)43-2)35(45)39(32)18-8-17-37-19-21-38(22-20-37)26-27-9-5-4-6-10-27/h4-7,9-16,24,32H,3,8,17-23,25-26H2,1-2H3,(H,36,41)/t32-/m1/s1. The molecule has 2 aliphatic rings. The summed E-state index contributed by atoms with van der Waals surface area (Å²) < 4.78 is 11.0. The summed E-state index contributed by atoms with van der Waals surface area (Å²) in [5.74, 6) is 0.934. The molecule has 9 nitrogen and oxygen atoms in total. The fraction of sp³-hybridized carbons (Fsp3) is 0.400. The van der Waals surface area contributed by atoms with Crippen LogP contribution >= 0.6 is 12.2 Å². The van der Waals surface area contributed by atoms with E-state index in [9.17, 15) is 9.59 Å². The SMILES string of the molecule is CCCOc1ccc(NC(=O)C[C@@H]2C(=O)N(c3cccc(OC)c3)C(=S)N2CCCN2CCN(Cc3ccccc3)CC2)cc1. The molecule has 0 spiro atoms. The van der Waals surface area contributed by atoms with Gasteiger partial charge in [0.2, 0.25) is 5.91 Å². The average molecular weight is 630 g/mol. The first-order valence-electron chi connectivity index (χ1n) is 15.7. The topological polar surface area (TPSA) is 77.6 Å². The molecule has 0 aliphatic carbocycles.